The van der Waals surface area contributed by atoms with Crippen molar-refractivity contribution in [2.75, 3.05) is 11.9 Å². The molecule has 1 aromatic rings. The molecule has 0 aromatic carbocycles. The zero-order valence-corrected chi connectivity index (χ0v) is 10.6. The summed E-state index contributed by atoms with van der Waals surface area (Å²) < 4.78 is 26.4. The van der Waals surface area contributed by atoms with Crippen molar-refractivity contribution in [3.05, 3.63) is 24.4 Å². The van der Waals surface area contributed by atoms with Crippen LogP contribution in [0.5, 0.6) is 0 Å². The Bertz CT molecular complexity index is 434. The fourth-order valence-electron chi connectivity index (χ4n) is 2.27. The van der Waals surface area contributed by atoms with Gasteiger partial charge in [0, 0.05) is 25.6 Å². The molecule has 0 radical (unpaired) electrons. The predicted octanol–water partition coefficient (Wildman–Crippen LogP) is 2.63. The lowest BCUT2D eigenvalue weighted by Gasteiger charge is -2.27. The summed E-state index contributed by atoms with van der Waals surface area (Å²) >= 11 is 0. The van der Waals surface area contributed by atoms with Crippen LogP contribution in [0.15, 0.2) is 29.4 Å². The first-order valence-electron chi connectivity index (χ1n) is 6.41. The third-order valence-electron chi connectivity index (χ3n) is 3.18. The summed E-state index contributed by atoms with van der Waals surface area (Å²) in [4.78, 5) is 8.16. The van der Waals surface area contributed by atoms with Gasteiger partial charge in [-0.05, 0) is 30.9 Å². The van der Waals surface area contributed by atoms with Crippen LogP contribution in [0.25, 0.3) is 0 Å². The van der Waals surface area contributed by atoms with Gasteiger partial charge < -0.3 is 11.1 Å². The summed E-state index contributed by atoms with van der Waals surface area (Å²) in [6, 6.07) is 5.38. The van der Waals surface area contributed by atoms with Crippen molar-refractivity contribution in [3.63, 3.8) is 0 Å². The zero-order valence-electron chi connectivity index (χ0n) is 10.6. The lowest BCUT2D eigenvalue weighted by atomic mass is 9.87. The quantitative estimate of drug-likeness (QED) is 0.654. The van der Waals surface area contributed by atoms with Gasteiger partial charge in [0.25, 0.3) is 0 Å². The number of anilines is 1. The number of aliphatic imine (C=N–C) groups is 1. The average molecular weight is 268 g/mol. The molecule has 104 valence electrons. The number of nitrogens with one attached hydrogen (secondary N) is 1. The van der Waals surface area contributed by atoms with E-state index in [9.17, 15) is 8.78 Å². The van der Waals surface area contributed by atoms with E-state index in [1.165, 1.54) is 0 Å². The molecule has 0 bridgehead atoms. The summed E-state index contributed by atoms with van der Waals surface area (Å²) in [5, 5.41) is 2.83. The number of hydrogen-bond donors (Lipinski definition) is 2. The first-order valence-corrected chi connectivity index (χ1v) is 6.41. The van der Waals surface area contributed by atoms with Gasteiger partial charge in [0.15, 0.2) is 5.96 Å². The fraction of sp³-hybridized carbons (Fsp3) is 0.538. The van der Waals surface area contributed by atoms with E-state index in [2.05, 4.69) is 15.3 Å². The number of pyridine rings is 1. The Morgan fingerprint density at radius 3 is 3.05 bits per heavy atom. The molecule has 1 aliphatic rings. The standard InChI is InChI=1S/C13H18F2N4/c14-13(15)6-3-4-10(8-13)9-18-12(16)19-11-5-1-2-7-17-11/h1-2,5,7,10H,3-4,6,8-9H2,(H3,16,17,18,19). The number of aromatic nitrogens is 1. The number of guanidine groups is 1. The number of alkyl halides is 2. The monoisotopic (exact) mass is 268 g/mol. The maximum absolute atomic E-state index is 13.2. The van der Waals surface area contributed by atoms with E-state index in [4.69, 9.17) is 5.73 Å². The van der Waals surface area contributed by atoms with Gasteiger partial charge in [-0.25, -0.2) is 13.8 Å². The van der Waals surface area contributed by atoms with Crippen LogP contribution in [0.4, 0.5) is 14.6 Å². The fourth-order valence-corrected chi connectivity index (χ4v) is 2.27. The van der Waals surface area contributed by atoms with Crippen molar-refractivity contribution in [2.45, 2.75) is 31.6 Å². The second-order valence-electron chi connectivity index (χ2n) is 4.88. The molecular formula is C13H18F2N4. The van der Waals surface area contributed by atoms with Crippen LogP contribution in [-0.4, -0.2) is 23.4 Å². The minimum Gasteiger partial charge on any atom is -0.370 e. The zero-order chi connectivity index (χ0) is 13.7. The molecule has 1 aliphatic carbocycles. The molecule has 19 heavy (non-hydrogen) atoms. The van der Waals surface area contributed by atoms with Gasteiger partial charge in [-0.1, -0.05) is 6.07 Å². The highest BCUT2D eigenvalue weighted by molar-refractivity contribution is 5.91. The lowest BCUT2D eigenvalue weighted by molar-refractivity contribution is -0.0507. The predicted molar refractivity (Wildman–Crippen MR) is 71.3 cm³/mol. The Balaban J connectivity index is 1.84. The molecule has 1 atom stereocenters. The van der Waals surface area contributed by atoms with Crippen LogP contribution < -0.4 is 11.1 Å². The van der Waals surface area contributed by atoms with Crippen molar-refractivity contribution in [1.29, 1.82) is 0 Å². The summed E-state index contributed by atoms with van der Waals surface area (Å²) in [6.07, 6.45) is 2.89. The molecule has 1 saturated carbocycles. The number of halogens is 2. The molecule has 1 fully saturated rings. The second-order valence-corrected chi connectivity index (χ2v) is 4.88. The van der Waals surface area contributed by atoms with Gasteiger partial charge in [0.2, 0.25) is 5.92 Å². The SMILES string of the molecule is NC(=NCC1CCCC(F)(F)C1)Nc1ccccn1. The number of nitrogens with two attached hydrogens (primary N) is 1. The lowest BCUT2D eigenvalue weighted by Crippen LogP contribution is -2.29. The molecule has 1 unspecified atom stereocenters. The van der Waals surface area contributed by atoms with Crippen LogP contribution in [0.3, 0.4) is 0 Å². The molecule has 3 N–H and O–H groups in total. The Labute approximate surface area is 111 Å². The minimum atomic E-state index is -2.54. The Morgan fingerprint density at radius 1 is 1.53 bits per heavy atom. The van der Waals surface area contributed by atoms with Crippen molar-refractivity contribution in [2.24, 2.45) is 16.6 Å². The summed E-state index contributed by atoms with van der Waals surface area (Å²) in [6.45, 7) is 0.335. The second kappa shape index (κ2) is 5.95. The Morgan fingerprint density at radius 2 is 2.37 bits per heavy atom. The van der Waals surface area contributed by atoms with Crippen molar-refractivity contribution >= 4 is 11.8 Å². The molecule has 4 nitrogen and oxygen atoms in total. The van der Waals surface area contributed by atoms with E-state index in [0.717, 1.165) is 6.42 Å². The molecule has 0 saturated heterocycles. The topological polar surface area (TPSA) is 63.3 Å². The molecule has 1 heterocycles. The smallest absolute Gasteiger partial charge is 0.248 e. The summed E-state index contributed by atoms with van der Waals surface area (Å²) in [5.74, 6) is -1.82. The van der Waals surface area contributed by atoms with Gasteiger partial charge in [0.05, 0.1) is 0 Å². The third kappa shape index (κ3) is 4.46. The number of rotatable bonds is 3. The van der Waals surface area contributed by atoms with Gasteiger partial charge in [-0.2, -0.15) is 0 Å². The van der Waals surface area contributed by atoms with Crippen LogP contribution in [-0.2, 0) is 0 Å². The molecule has 0 aliphatic heterocycles. The van der Waals surface area contributed by atoms with Crippen molar-refractivity contribution < 1.29 is 8.78 Å². The van der Waals surface area contributed by atoms with Crippen LogP contribution >= 0.6 is 0 Å². The maximum Gasteiger partial charge on any atom is 0.248 e. The first kappa shape index (κ1) is 13.7. The maximum atomic E-state index is 13.2. The van der Waals surface area contributed by atoms with Gasteiger partial charge in [-0.3, -0.25) is 4.99 Å². The van der Waals surface area contributed by atoms with E-state index < -0.39 is 5.92 Å². The van der Waals surface area contributed by atoms with Crippen LogP contribution in [0, 0.1) is 5.92 Å². The summed E-state index contributed by atoms with van der Waals surface area (Å²) in [5.41, 5.74) is 5.70. The number of nitrogens with zero attached hydrogens (tertiary/aromatic N) is 2. The van der Waals surface area contributed by atoms with E-state index in [1.807, 2.05) is 6.07 Å². The summed E-state index contributed by atoms with van der Waals surface area (Å²) in [7, 11) is 0. The highest BCUT2D eigenvalue weighted by atomic mass is 19.3. The Hall–Kier alpha value is -1.72. The van der Waals surface area contributed by atoms with Gasteiger partial charge in [0.1, 0.15) is 5.82 Å². The van der Waals surface area contributed by atoms with Crippen LogP contribution in [0.1, 0.15) is 25.7 Å². The molecular weight excluding hydrogens is 250 g/mol. The highest BCUT2D eigenvalue weighted by Gasteiger charge is 2.35. The van der Waals surface area contributed by atoms with Crippen molar-refractivity contribution in [3.8, 4) is 0 Å². The van der Waals surface area contributed by atoms with E-state index in [-0.39, 0.29) is 24.7 Å². The molecule has 1 aromatic heterocycles. The average Bonchev–Trinajstić information content (AvgIpc) is 2.36. The van der Waals surface area contributed by atoms with Crippen LogP contribution in [0.2, 0.25) is 0 Å². The Kier molecular flexibility index (Phi) is 4.29. The van der Waals surface area contributed by atoms with E-state index >= 15 is 0 Å². The highest BCUT2D eigenvalue weighted by Crippen LogP contribution is 2.36. The minimum absolute atomic E-state index is 0.00508. The molecule has 2 rings (SSSR count). The van der Waals surface area contributed by atoms with E-state index in [1.54, 1.807) is 18.3 Å². The largest absolute Gasteiger partial charge is 0.370 e. The van der Waals surface area contributed by atoms with Gasteiger partial charge in [-0.15, -0.1) is 0 Å². The molecule has 6 heteroatoms. The third-order valence-corrected chi connectivity index (χ3v) is 3.18. The van der Waals surface area contributed by atoms with E-state index in [0.29, 0.717) is 18.8 Å². The normalized spacial score (nSPS) is 23.1. The first-order chi connectivity index (χ1) is 9.05. The van der Waals surface area contributed by atoms with Gasteiger partial charge >= 0.3 is 0 Å². The molecule has 0 amide bonds. The molecule has 0 spiro atoms. The van der Waals surface area contributed by atoms with Crippen molar-refractivity contribution in [1.82, 2.24) is 4.98 Å². The number of hydrogen-bond acceptors (Lipinski definition) is 2.